The standard InChI is InChI=1S/C14H17N3O2/c1-10(18)8-15-14(19)12-9-17(2)16-13(12)11-6-4-3-5-7-11/h3-7,9-10,18H,8H2,1-2H3,(H,15,19). The summed E-state index contributed by atoms with van der Waals surface area (Å²) in [5.74, 6) is -0.229. The zero-order valence-electron chi connectivity index (χ0n) is 11.0. The summed E-state index contributed by atoms with van der Waals surface area (Å²) in [6, 6.07) is 9.55. The number of benzene rings is 1. The fraction of sp³-hybridized carbons (Fsp3) is 0.286. The third-order valence-corrected chi connectivity index (χ3v) is 2.68. The Balaban J connectivity index is 2.29. The van der Waals surface area contributed by atoms with Crippen molar-refractivity contribution in [2.24, 2.45) is 7.05 Å². The van der Waals surface area contributed by atoms with Gasteiger partial charge in [-0.2, -0.15) is 5.10 Å². The van der Waals surface area contributed by atoms with Crippen molar-refractivity contribution in [1.82, 2.24) is 15.1 Å². The molecule has 5 nitrogen and oxygen atoms in total. The molecule has 2 N–H and O–H groups in total. The van der Waals surface area contributed by atoms with Crippen molar-refractivity contribution in [3.05, 3.63) is 42.1 Å². The minimum absolute atomic E-state index is 0.224. The van der Waals surface area contributed by atoms with Crippen LogP contribution in [0.25, 0.3) is 11.3 Å². The number of amides is 1. The first-order valence-electron chi connectivity index (χ1n) is 6.13. The first-order chi connectivity index (χ1) is 9.08. The molecular weight excluding hydrogens is 242 g/mol. The van der Waals surface area contributed by atoms with Gasteiger partial charge in [0.05, 0.1) is 11.7 Å². The summed E-state index contributed by atoms with van der Waals surface area (Å²) < 4.78 is 1.61. The van der Waals surface area contributed by atoms with Crippen molar-refractivity contribution in [3.63, 3.8) is 0 Å². The highest BCUT2D eigenvalue weighted by atomic mass is 16.3. The van der Waals surface area contributed by atoms with Gasteiger partial charge < -0.3 is 10.4 Å². The van der Waals surface area contributed by atoms with E-state index in [1.807, 2.05) is 30.3 Å². The maximum absolute atomic E-state index is 12.1. The van der Waals surface area contributed by atoms with Crippen molar-refractivity contribution < 1.29 is 9.90 Å². The number of aliphatic hydroxyl groups is 1. The van der Waals surface area contributed by atoms with E-state index in [0.29, 0.717) is 11.3 Å². The first-order valence-corrected chi connectivity index (χ1v) is 6.13. The van der Waals surface area contributed by atoms with Crippen LogP contribution in [0.15, 0.2) is 36.5 Å². The largest absolute Gasteiger partial charge is 0.392 e. The Morgan fingerprint density at radius 2 is 2.11 bits per heavy atom. The van der Waals surface area contributed by atoms with Gasteiger partial charge in [0.1, 0.15) is 5.69 Å². The van der Waals surface area contributed by atoms with Crippen LogP contribution < -0.4 is 5.32 Å². The van der Waals surface area contributed by atoms with Crippen LogP contribution in [-0.2, 0) is 7.05 Å². The lowest BCUT2D eigenvalue weighted by molar-refractivity contribution is 0.0924. The third-order valence-electron chi connectivity index (χ3n) is 2.68. The minimum atomic E-state index is -0.569. The number of rotatable bonds is 4. The number of carbonyl (C=O) groups excluding carboxylic acids is 1. The number of aliphatic hydroxyl groups excluding tert-OH is 1. The molecule has 2 rings (SSSR count). The fourth-order valence-corrected chi connectivity index (χ4v) is 1.80. The molecule has 1 amide bonds. The van der Waals surface area contributed by atoms with Crippen LogP contribution in [0, 0.1) is 0 Å². The second-order valence-electron chi connectivity index (χ2n) is 4.49. The SMILES string of the molecule is CC(O)CNC(=O)c1cn(C)nc1-c1ccccc1. The molecule has 0 radical (unpaired) electrons. The molecule has 0 aliphatic carbocycles. The molecule has 0 aliphatic heterocycles. The molecule has 19 heavy (non-hydrogen) atoms. The Morgan fingerprint density at radius 3 is 2.74 bits per heavy atom. The smallest absolute Gasteiger partial charge is 0.255 e. The summed E-state index contributed by atoms with van der Waals surface area (Å²) in [5.41, 5.74) is 2.05. The van der Waals surface area contributed by atoms with Gasteiger partial charge in [-0.15, -0.1) is 0 Å². The Morgan fingerprint density at radius 1 is 1.42 bits per heavy atom. The summed E-state index contributed by atoms with van der Waals surface area (Å²) in [5, 5.41) is 16.2. The number of hydrogen-bond donors (Lipinski definition) is 2. The zero-order valence-corrected chi connectivity index (χ0v) is 11.0. The number of aryl methyl sites for hydroxylation is 1. The molecule has 0 saturated carbocycles. The molecule has 1 heterocycles. The lowest BCUT2D eigenvalue weighted by Crippen LogP contribution is -2.30. The minimum Gasteiger partial charge on any atom is -0.392 e. The van der Waals surface area contributed by atoms with E-state index in [4.69, 9.17) is 0 Å². The van der Waals surface area contributed by atoms with Crippen LogP contribution in [0.4, 0.5) is 0 Å². The summed E-state index contributed by atoms with van der Waals surface area (Å²) in [6.07, 6.45) is 1.11. The van der Waals surface area contributed by atoms with Crippen LogP contribution in [0.5, 0.6) is 0 Å². The van der Waals surface area contributed by atoms with Crippen LogP contribution in [0.2, 0.25) is 0 Å². The highest BCUT2D eigenvalue weighted by Gasteiger charge is 2.16. The van der Waals surface area contributed by atoms with Gasteiger partial charge in [0.25, 0.3) is 5.91 Å². The van der Waals surface area contributed by atoms with Gasteiger partial charge in [0, 0.05) is 25.4 Å². The summed E-state index contributed by atoms with van der Waals surface area (Å²) >= 11 is 0. The molecule has 1 aromatic carbocycles. The molecule has 2 aromatic rings. The average molecular weight is 259 g/mol. The number of aromatic nitrogens is 2. The first kappa shape index (κ1) is 13.3. The lowest BCUT2D eigenvalue weighted by Gasteiger charge is -2.07. The maximum atomic E-state index is 12.1. The Labute approximate surface area is 111 Å². The van der Waals surface area contributed by atoms with Gasteiger partial charge in [-0.05, 0) is 6.92 Å². The molecular formula is C14H17N3O2. The number of carbonyl (C=O) groups is 1. The van der Waals surface area contributed by atoms with Crippen molar-refractivity contribution >= 4 is 5.91 Å². The van der Waals surface area contributed by atoms with E-state index in [0.717, 1.165) is 5.56 Å². The van der Waals surface area contributed by atoms with E-state index < -0.39 is 6.10 Å². The van der Waals surface area contributed by atoms with E-state index in [1.54, 1.807) is 24.9 Å². The number of hydrogen-bond acceptors (Lipinski definition) is 3. The van der Waals surface area contributed by atoms with Gasteiger partial charge in [-0.3, -0.25) is 9.48 Å². The van der Waals surface area contributed by atoms with E-state index in [9.17, 15) is 9.90 Å². The Hall–Kier alpha value is -2.14. The summed E-state index contributed by atoms with van der Waals surface area (Å²) in [4.78, 5) is 12.1. The molecule has 1 aromatic heterocycles. The monoisotopic (exact) mass is 259 g/mol. The predicted octanol–water partition coefficient (Wildman–Crippen LogP) is 1.20. The normalized spacial score (nSPS) is 12.2. The number of nitrogens with one attached hydrogen (secondary N) is 1. The van der Waals surface area contributed by atoms with Crippen molar-refractivity contribution in [1.29, 1.82) is 0 Å². The predicted molar refractivity (Wildman–Crippen MR) is 72.7 cm³/mol. The van der Waals surface area contributed by atoms with Crippen LogP contribution in [0.3, 0.4) is 0 Å². The second-order valence-corrected chi connectivity index (χ2v) is 4.49. The van der Waals surface area contributed by atoms with E-state index in [1.165, 1.54) is 0 Å². The topological polar surface area (TPSA) is 67.2 Å². The molecule has 0 saturated heterocycles. The van der Waals surface area contributed by atoms with E-state index in [-0.39, 0.29) is 12.5 Å². The quantitative estimate of drug-likeness (QED) is 0.867. The molecule has 1 unspecified atom stereocenters. The molecule has 0 bridgehead atoms. The molecule has 0 spiro atoms. The van der Waals surface area contributed by atoms with Gasteiger partial charge >= 0.3 is 0 Å². The summed E-state index contributed by atoms with van der Waals surface area (Å²) in [6.45, 7) is 1.85. The molecule has 5 heteroatoms. The van der Waals surface area contributed by atoms with Gasteiger partial charge in [-0.1, -0.05) is 30.3 Å². The second kappa shape index (κ2) is 5.67. The molecule has 1 atom stereocenters. The molecule has 0 aliphatic rings. The van der Waals surface area contributed by atoms with Gasteiger partial charge in [-0.25, -0.2) is 0 Å². The molecule has 0 fully saturated rings. The highest BCUT2D eigenvalue weighted by molar-refractivity contribution is 5.99. The van der Waals surface area contributed by atoms with Crippen LogP contribution in [-0.4, -0.2) is 33.4 Å². The number of nitrogens with zero attached hydrogens (tertiary/aromatic N) is 2. The van der Waals surface area contributed by atoms with Crippen molar-refractivity contribution in [3.8, 4) is 11.3 Å². The fourth-order valence-electron chi connectivity index (χ4n) is 1.80. The van der Waals surface area contributed by atoms with E-state index in [2.05, 4.69) is 10.4 Å². The van der Waals surface area contributed by atoms with Crippen LogP contribution >= 0.6 is 0 Å². The highest BCUT2D eigenvalue weighted by Crippen LogP contribution is 2.21. The molecule has 100 valence electrons. The average Bonchev–Trinajstić information content (AvgIpc) is 2.79. The van der Waals surface area contributed by atoms with Crippen LogP contribution in [0.1, 0.15) is 17.3 Å². The van der Waals surface area contributed by atoms with E-state index >= 15 is 0 Å². The van der Waals surface area contributed by atoms with Gasteiger partial charge in [0.15, 0.2) is 0 Å². The Bertz CT molecular complexity index is 561. The van der Waals surface area contributed by atoms with Gasteiger partial charge in [0.2, 0.25) is 0 Å². The Kier molecular flexibility index (Phi) is 3.97. The third kappa shape index (κ3) is 3.20. The lowest BCUT2D eigenvalue weighted by atomic mass is 10.1. The zero-order chi connectivity index (χ0) is 13.8. The summed E-state index contributed by atoms with van der Waals surface area (Å²) in [7, 11) is 1.78. The van der Waals surface area contributed by atoms with Crippen molar-refractivity contribution in [2.45, 2.75) is 13.0 Å². The van der Waals surface area contributed by atoms with Crippen molar-refractivity contribution in [2.75, 3.05) is 6.54 Å². The maximum Gasteiger partial charge on any atom is 0.255 e.